The zero-order valence-corrected chi connectivity index (χ0v) is 10.4. The SMILES string of the molecule is CC1COCCN1C(CN)c1ccc(F)cc1F. The Bertz CT molecular complexity index is 414. The lowest BCUT2D eigenvalue weighted by atomic mass is 10.0. The second-order valence-electron chi connectivity index (χ2n) is 4.58. The van der Waals surface area contributed by atoms with Crippen LogP contribution in [0.25, 0.3) is 0 Å². The van der Waals surface area contributed by atoms with Crippen LogP contribution < -0.4 is 5.73 Å². The first-order chi connectivity index (χ1) is 8.63. The van der Waals surface area contributed by atoms with Crippen molar-refractivity contribution < 1.29 is 13.5 Å². The van der Waals surface area contributed by atoms with Gasteiger partial charge in [0.25, 0.3) is 0 Å². The molecule has 2 unspecified atom stereocenters. The lowest BCUT2D eigenvalue weighted by Crippen LogP contribution is -2.47. The van der Waals surface area contributed by atoms with E-state index in [-0.39, 0.29) is 12.1 Å². The molecule has 0 saturated carbocycles. The minimum Gasteiger partial charge on any atom is -0.379 e. The lowest BCUT2D eigenvalue weighted by molar-refractivity contribution is -0.0215. The summed E-state index contributed by atoms with van der Waals surface area (Å²) in [5.74, 6) is -1.11. The van der Waals surface area contributed by atoms with E-state index >= 15 is 0 Å². The van der Waals surface area contributed by atoms with Crippen LogP contribution in [0.1, 0.15) is 18.5 Å². The van der Waals surface area contributed by atoms with Crippen LogP contribution in [0, 0.1) is 11.6 Å². The van der Waals surface area contributed by atoms with Gasteiger partial charge in [0.2, 0.25) is 0 Å². The van der Waals surface area contributed by atoms with Gasteiger partial charge in [0.05, 0.1) is 19.3 Å². The summed E-state index contributed by atoms with van der Waals surface area (Å²) in [6.07, 6.45) is 0. The highest BCUT2D eigenvalue weighted by atomic mass is 19.1. The van der Waals surface area contributed by atoms with Crippen molar-refractivity contribution in [3.05, 3.63) is 35.4 Å². The van der Waals surface area contributed by atoms with E-state index in [1.165, 1.54) is 12.1 Å². The zero-order valence-electron chi connectivity index (χ0n) is 10.4. The van der Waals surface area contributed by atoms with E-state index < -0.39 is 11.6 Å². The molecule has 100 valence electrons. The third-order valence-electron chi connectivity index (χ3n) is 3.36. The molecule has 0 aliphatic carbocycles. The van der Waals surface area contributed by atoms with Crippen molar-refractivity contribution >= 4 is 0 Å². The van der Waals surface area contributed by atoms with Gasteiger partial charge in [0.1, 0.15) is 11.6 Å². The van der Waals surface area contributed by atoms with E-state index in [4.69, 9.17) is 10.5 Å². The number of hydrogen-bond acceptors (Lipinski definition) is 3. The Morgan fingerprint density at radius 2 is 2.28 bits per heavy atom. The van der Waals surface area contributed by atoms with Crippen LogP contribution in [0.4, 0.5) is 8.78 Å². The molecule has 1 fully saturated rings. The van der Waals surface area contributed by atoms with E-state index in [0.29, 0.717) is 31.9 Å². The van der Waals surface area contributed by atoms with Gasteiger partial charge in [-0.2, -0.15) is 0 Å². The highest BCUT2D eigenvalue weighted by Crippen LogP contribution is 2.26. The van der Waals surface area contributed by atoms with Crippen LogP contribution in [0.3, 0.4) is 0 Å². The van der Waals surface area contributed by atoms with Crippen LogP contribution in [-0.2, 0) is 4.74 Å². The van der Waals surface area contributed by atoms with E-state index in [0.717, 1.165) is 6.07 Å². The summed E-state index contributed by atoms with van der Waals surface area (Å²) in [4.78, 5) is 2.11. The molecule has 0 spiro atoms. The van der Waals surface area contributed by atoms with Crippen molar-refractivity contribution in [3.63, 3.8) is 0 Å². The Morgan fingerprint density at radius 3 is 2.89 bits per heavy atom. The van der Waals surface area contributed by atoms with Crippen molar-refractivity contribution in [1.82, 2.24) is 4.90 Å². The Kier molecular flexibility index (Phi) is 4.27. The number of nitrogens with zero attached hydrogens (tertiary/aromatic N) is 1. The molecule has 3 nitrogen and oxygen atoms in total. The summed E-state index contributed by atoms with van der Waals surface area (Å²) >= 11 is 0. The molecule has 1 aliphatic heterocycles. The number of benzene rings is 1. The quantitative estimate of drug-likeness (QED) is 0.894. The summed E-state index contributed by atoms with van der Waals surface area (Å²) in [6, 6.07) is 3.60. The third-order valence-corrected chi connectivity index (χ3v) is 3.36. The van der Waals surface area contributed by atoms with Gasteiger partial charge >= 0.3 is 0 Å². The summed E-state index contributed by atoms with van der Waals surface area (Å²) < 4.78 is 32.1. The number of hydrogen-bond donors (Lipinski definition) is 1. The molecule has 1 aromatic rings. The van der Waals surface area contributed by atoms with E-state index in [1.807, 2.05) is 6.92 Å². The van der Waals surface area contributed by atoms with Gasteiger partial charge in [0, 0.05) is 30.8 Å². The smallest absolute Gasteiger partial charge is 0.130 e. The number of rotatable bonds is 3. The predicted octanol–water partition coefficient (Wildman–Crippen LogP) is 1.69. The Balaban J connectivity index is 2.26. The minimum atomic E-state index is -0.568. The molecular weight excluding hydrogens is 238 g/mol. The monoisotopic (exact) mass is 256 g/mol. The first kappa shape index (κ1) is 13.4. The maximum absolute atomic E-state index is 13.8. The second-order valence-corrected chi connectivity index (χ2v) is 4.58. The standard InChI is InChI=1S/C13H18F2N2O/c1-9-8-18-5-4-17(9)13(7-16)11-3-2-10(14)6-12(11)15/h2-3,6,9,13H,4-5,7-8,16H2,1H3. The van der Waals surface area contributed by atoms with Crippen LogP contribution in [0.15, 0.2) is 18.2 Å². The van der Waals surface area contributed by atoms with Gasteiger partial charge in [-0.15, -0.1) is 0 Å². The third kappa shape index (κ3) is 2.68. The van der Waals surface area contributed by atoms with Gasteiger partial charge in [-0.05, 0) is 13.0 Å². The molecule has 2 rings (SSSR count). The summed E-state index contributed by atoms with van der Waals surface area (Å²) in [5, 5.41) is 0. The minimum absolute atomic E-state index is 0.178. The first-order valence-corrected chi connectivity index (χ1v) is 6.12. The Labute approximate surface area is 106 Å². The molecular formula is C13H18F2N2O. The number of nitrogens with two attached hydrogens (primary N) is 1. The second kappa shape index (κ2) is 5.73. The van der Waals surface area contributed by atoms with Gasteiger partial charge in [-0.25, -0.2) is 8.78 Å². The Morgan fingerprint density at radius 1 is 1.50 bits per heavy atom. The molecule has 1 saturated heterocycles. The van der Waals surface area contributed by atoms with Crippen LogP contribution in [-0.4, -0.2) is 37.2 Å². The molecule has 2 atom stereocenters. The van der Waals surface area contributed by atoms with Gasteiger partial charge in [-0.1, -0.05) is 6.07 Å². The van der Waals surface area contributed by atoms with Gasteiger partial charge in [0.15, 0.2) is 0 Å². The van der Waals surface area contributed by atoms with E-state index in [2.05, 4.69) is 4.90 Å². The molecule has 1 aromatic carbocycles. The number of ether oxygens (including phenoxy) is 1. The number of morpholine rings is 1. The van der Waals surface area contributed by atoms with Crippen LogP contribution in [0.5, 0.6) is 0 Å². The molecule has 1 aliphatic rings. The Hall–Kier alpha value is -1.04. The van der Waals surface area contributed by atoms with Crippen LogP contribution in [0.2, 0.25) is 0 Å². The highest BCUT2D eigenvalue weighted by Gasteiger charge is 2.28. The topological polar surface area (TPSA) is 38.5 Å². The molecule has 0 bridgehead atoms. The molecule has 1 heterocycles. The van der Waals surface area contributed by atoms with Crippen molar-refractivity contribution in [3.8, 4) is 0 Å². The highest BCUT2D eigenvalue weighted by molar-refractivity contribution is 5.23. The molecule has 0 aromatic heterocycles. The summed E-state index contributed by atoms with van der Waals surface area (Å²) in [5.41, 5.74) is 6.21. The fourth-order valence-electron chi connectivity index (χ4n) is 2.42. The van der Waals surface area contributed by atoms with Crippen molar-refractivity contribution in [2.24, 2.45) is 5.73 Å². The van der Waals surface area contributed by atoms with E-state index in [1.54, 1.807) is 0 Å². The largest absolute Gasteiger partial charge is 0.379 e. The van der Waals surface area contributed by atoms with Crippen molar-refractivity contribution in [2.45, 2.75) is 19.0 Å². The molecule has 2 N–H and O–H groups in total. The maximum atomic E-state index is 13.8. The number of halogens is 2. The average molecular weight is 256 g/mol. The lowest BCUT2D eigenvalue weighted by Gasteiger charge is -2.39. The average Bonchev–Trinajstić information content (AvgIpc) is 2.34. The molecule has 5 heteroatoms. The molecule has 0 radical (unpaired) electrons. The van der Waals surface area contributed by atoms with Crippen molar-refractivity contribution in [2.75, 3.05) is 26.3 Å². The van der Waals surface area contributed by atoms with Gasteiger partial charge in [-0.3, -0.25) is 4.90 Å². The fourth-order valence-corrected chi connectivity index (χ4v) is 2.42. The van der Waals surface area contributed by atoms with Crippen molar-refractivity contribution in [1.29, 1.82) is 0 Å². The van der Waals surface area contributed by atoms with E-state index in [9.17, 15) is 8.78 Å². The maximum Gasteiger partial charge on any atom is 0.130 e. The molecule has 18 heavy (non-hydrogen) atoms. The van der Waals surface area contributed by atoms with Gasteiger partial charge < -0.3 is 10.5 Å². The summed E-state index contributed by atoms with van der Waals surface area (Å²) in [7, 11) is 0. The zero-order chi connectivity index (χ0) is 13.1. The predicted molar refractivity (Wildman–Crippen MR) is 65.1 cm³/mol. The fraction of sp³-hybridized carbons (Fsp3) is 0.538. The summed E-state index contributed by atoms with van der Waals surface area (Å²) in [6.45, 7) is 4.25. The molecule has 0 amide bonds. The van der Waals surface area contributed by atoms with Crippen LogP contribution >= 0.6 is 0 Å². The first-order valence-electron chi connectivity index (χ1n) is 6.12. The normalized spacial score (nSPS) is 23.0.